The average Bonchev–Trinajstić information content (AvgIpc) is 2.86. The standard InChI is InChI=1S/C18H25NO/c1-12-8-9-16(13(2)10-12)19-14(3)18-11-15-6-4-5-7-17(15)20-18/h4-7,11-14,16,19H,8-10H2,1-3H3. The summed E-state index contributed by atoms with van der Waals surface area (Å²) in [5, 5.41) is 4.97. The van der Waals surface area contributed by atoms with Gasteiger partial charge in [-0.3, -0.25) is 0 Å². The monoisotopic (exact) mass is 271 g/mol. The van der Waals surface area contributed by atoms with Gasteiger partial charge in [-0.25, -0.2) is 0 Å². The molecule has 0 spiro atoms. The summed E-state index contributed by atoms with van der Waals surface area (Å²) in [4.78, 5) is 0. The van der Waals surface area contributed by atoms with Gasteiger partial charge in [0.1, 0.15) is 11.3 Å². The highest BCUT2D eigenvalue weighted by Crippen LogP contribution is 2.31. The van der Waals surface area contributed by atoms with Crippen LogP contribution in [0.2, 0.25) is 0 Å². The summed E-state index contributed by atoms with van der Waals surface area (Å²) in [7, 11) is 0. The van der Waals surface area contributed by atoms with Crippen molar-refractivity contribution in [2.24, 2.45) is 11.8 Å². The third-order valence-electron chi connectivity index (χ3n) is 4.77. The van der Waals surface area contributed by atoms with Gasteiger partial charge in [-0.15, -0.1) is 0 Å². The van der Waals surface area contributed by atoms with E-state index in [9.17, 15) is 0 Å². The zero-order chi connectivity index (χ0) is 14.1. The molecule has 2 heteroatoms. The highest BCUT2D eigenvalue weighted by atomic mass is 16.3. The van der Waals surface area contributed by atoms with E-state index in [1.165, 1.54) is 24.6 Å². The molecule has 4 atom stereocenters. The lowest BCUT2D eigenvalue weighted by Crippen LogP contribution is -2.40. The largest absolute Gasteiger partial charge is 0.459 e. The van der Waals surface area contributed by atoms with Gasteiger partial charge in [0, 0.05) is 11.4 Å². The SMILES string of the molecule is CC1CCC(NC(C)c2cc3ccccc3o2)C(C)C1. The van der Waals surface area contributed by atoms with Gasteiger partial charge in [0.05, 0.1) is 6.04 Å². The van der Waals surface area contributed by atoms with Gasteiger partial charge in [0.25, 0.3) is 0 Å². The van der Waals surface area contributed by atoms with Crippen LogP contribution in [0.1, 0.15) is 51.8 Å². The maximum Gasteiger partial charge on any atom is 0.134 e. The molecule has 0 bridgehead atoms. The first-order chi connectivity index (χ1) is 9.63. The van der Waals surface area contributed by atoms with Crippen LogP contribution in [-0.2, 0) is 0 Å². The maximum atomic E-state index is 5.97. The molecule has 1 fully saturated rings. The Morgan fingerprint density at radius 1 is 1.20 bits per heavy atom. The molecule has 3 rings (SSSR count). The van der Waals surface area contributed by atoms with Crippen molar-refractivity contribution < 1.29 is 4.42 Å². The Bertz CT molecular complexity index is 541. The number of para-hydroxylation sites is 1. The summed E-state index contributed by atoms with van der Waals surface area (Å²) < 4.78 is 5.97. The first-order valence-electron chi connectivity index (χ1n) is 7.88. The summed E-state index contributed by atoms with van der Waals surface area (Å²) in [6.45, 7) is 6.95. The van der Waals surface area contributed by atoms with Gasteiger partial charge < -0.3 is 9.73 Å². The van der Waals surface area contributed by atoms with E-state index in [0.29, 0.717) is 6.04 Å². The van der Waals surface area contributed by atoms with Crippen LogP contribution in [-0.4, -0.2) is 6.04 Å². The number of rotatable bonds is 3. The quantitative estimate of drug-likeness (QED) is 0.858. The zero-order valence-electron chi connectivity index (χ0n) is 12.7. The Labute approximate surface area is 121 Å². The minimum absolute atomic E-state index is 0.281. The lowest BCUT2D eigenvalue weighted by Gasteiger charge is -2.34. The first-order valence-corrected chi connectivity index (χ1v) is 7.88. The van der Waals surface area contributed by atoms with Crippen molar-refractivity contribution in [1.82, 2.24) is 5.32 Å². The summed E-state index contributed by atoms with van der Waals surface area (Å²) in [5.41, 5.74) is 0.987. The van der Waals surface area contributed by atoms with Crippen LogP contribution in [0, 0.1) is 11.8 Å². The first kappa shape index (κ1) is 13.7. The zero-order valence-corrected chi connectivity index (χ0v) is 12.7. The van der Waals surface area contributed by atoms with Crippen LogP contribution in [0.15, 0.2) is 34.7 Å². The van der Waals surface area contributed by atoms with Crippen molar-refractivity contribution in [2.45, 2.75) is 52.1 Å². The van der Waals surface area contributed by atoms with E-state index in [2.05, 4.69) is 44.3 Å². The molecule has 1 aliphatic carbocycles. The average molecular weight is 271 g/mol. The molecule has 1 aliphatic rings. The molecule has 0 radical (unpaired) electrons. The summed E-state index contributed by atoms with van der Waals surface area (Å²) in [6.07, 6.45) is 3.96. The molecule has 108 valence electrons. The van der Waals surface area contributed by atoms with Crippen molar-refractivity contribution in [3.05, 3.63) is 36.1 Å². The molecule has 2 aromatic rings. The smallest absolute Gasteiger partial charge is 0.134 e. The van der Waals surface area contributed by atoms with Gasteiger partial charge in [0.15, 0.2) is 0 Å². The molecule has 0 amide bonds. The number of hydrogen-bond donors (Lipinski definition) is 1. The van der Waals surface area contributed by atoms with Crippen LogP contribution >= 0.6 is 0 Å². The number of hydrogen-bond acceptors (Lipinski definition) is 2. The molecule has 4 unspecified atom stereocenters. The minimum Gasteiger partial charge on any atom is -0.459 e. The Balaban J connectivity index is 1.71. The van der Waals surface area contributed by atoms with Crippen molar-refractivity contribution in [3.8, 4) is 0 Å². The van der Waals surface area contributed by atoms with E-state index in [0.717, 1.165) is 23.2 Å². The third kappa shape index (κ3) is 2.76. The van der Waals surface area contributed by atoms with Gasteiger partial charge in [0.2, 0.25) is 0 Å². The second-order valence-corrected chi connectivity index (χ2v) is 6.58. The highest BCUT2D eigenvalue weighted by Gasteiger charge is 2.27. The predicted octanol–water partition coefficient (Wildman–Crippen LogP) is 4.91. The minimum atomic E-state index is 0.281. The molecule has 0 saturated heterocycles. The van der Waals surface area contributed by atoms with E-state index in [1.807, 2.05) is 12.1 Å². The Morgan fingerprint density at radius 2 is 2.00 bits per heavy atom. The van der Waals surface area contributed by atoms with Crippen molar-refractivity contribution in [2.75, 3.05) is 0 Å². The summed E-state index contributed by atoms with van der Waals surface area (Å²) >= 11 is 0. The topological polar surface area (TPSA) is 25.2 Å². The molecule has 1 aromatic heterocycles. The molecule has 0 aliphatic heterocycles. The van der Waals surface area contributed by atoms with Crippen LogP contribution in [0.25, 0.3) is 11.0 Å². The fourth-order valence-electron chi connectivity index (χ4n) is 3.53. The fourth-order valence-corrected chi connectivity index (χ4v) is 3.53. The van der Waals surface area contributed by atoms with Gasteiger partial charge >= 0.3 is 0 Å². The van der Waals surface area contributed by atoms with Crippen molar-refractivity contribution >= 4 is 11.0 Å². The van der Waals surface area contributed by atoms with Gasteiger partial charge in [-0.2, -0.15) is 0 Å². The fraction of sp³-hybridized carbons (Fsp3) is 0.556. The highest BCUT2D eigenvalue weighted by molar-refractivity contribution is 5.77. The van der Waals surface area contributed by atoms with E-state index in [1.54, 1.807) is 0 Å². The number of furan rings is 1. The molecule has 2 nitrogen and oxygen atoms in total. The van der Waals surface area contributed by atoms with Gasteiger partial charge in [-0.05, 0) is 50.2 Å². The molecule has 20 heavy (non-hydrogen) atoms. The van der Waals surface area contributed by atoms with Gasteiger partial charge in [-0.1, -0.05) is 32.0 Å². The Hall–Kier alpha value is -1.28. The Morgan fingerprint density at radius 3 is 2.75 bits per heavy atom. The summed E-state index contributed by atoms with van der Waals surface area (Å²) in [6, 6.07) is 11.3. The van der Waals surface area contributed by atoms with Crippen molar-refractivity contribution in [3.63, 3.8) is 0 Å². The second-order valence-electron chi connectivity index (χ2n) is 6.58. The summed E-state index contributed by atoms with van der Waals surface area (Å²) in [5.74, 6) is 2.69. The predicted molar refractivity (Wildman–Crippen MR) is 83.7 cm³/mol. The van der Waals surface area contributed by atoms with Crippen LogP contribution < -0.4 is 5.32 Å². The number of nitrogens with one attached hydrogen (secondary N) is 1. The Kier molecular flexibility index (Phi) is 3.84. The lowest BCUT2D eigenvalue weighted by atomic mass is 9.79. The van der Waals surface area contributed by atoms with E-state index >= 15 is 0 Å². The molecule has 1 N–H and O–H groups in total. The normalized spacial score (nSPS) is 28.6. The molecular weight excluding hydrogens is 246 g/mol. The van der Waals surface area contributed by atoms with E-state index in [4.69, 9.17) is 4.42 Å². The van der Waals surface area contributed by atoms with Crippen molar-refractivity contribution in [1.29, 1.82) is 0 Å². The van der Waals surface area contributed by atoms with Crippen LogP contribution in [0.5, 0.6) is 0 Å². The third-order valence-corrected chi connectivity index (χ3v) is 4.77. The molecule has 1 aromatic carbocycles. The number of fused-ring (bicyclic) bond motifs is 1. The number of benzene rings is 1. The second kappa shape index (κ2) is 5.61. The lowest BCUT2D eigenvalue weighted by molar-refractivity contribution is 0.211. The molecular formula is C18H25NO. The molecule has 1 saturated carbocycles. The molecule has 1 heterocycles. The van der Waals surface area contributed by atoms with Crippen LogP contribution in [0.3, 0.4) is 0 Å². The van der Waals surface area contributed by atoms with Crippen LogP contribution in [0.4, 0.5) is 0 Å². The van der Waals surface area contributed by atoms with E-state index < -0.39 is 0 Å². The van der Waals surface area contributed by atoms with E-state index in [-0.39, 0.29) is 6.04 Å². The maximum absolute atomic E-state index is 5.97.